The van der Waals surface area contributed by atoms with Crippen LogP contribution in [0.3, 0.4) is 0 Å². The fourth-order valence-electron chi connectivity index (χ4n) is 1.27. The highest BCUT2D eigenvalue weighted by atomic mass is 16.3. The Morgan fingerprint density at radius 3 is 2.67 bits per heavy atom. The number of nitrogens with two attached hydrogens (primary N) is 1. The van der Waals surface area contributed by atoms with Gasteiger partial charge in [-0.05, 0) is 30.5 Å². The molecule has 0 aromatic heterocycles. The van der Waals surface area contributed by atoms with E-state index in [1.54, 1.807) is 0 Å². The van der Waals surface area contributed by atoms with Gasteiger partial charge in [-0.1, -0.05) is 18.2 Å². The summed E-state index contributed by atoms with van der Waals surface area (Å²) in [6.45, 7) is 4.08. The summed E-state index contributed by atoms with van der Waals surface area (Å²) >= 11 is 0. The molecule has 0 aliphatic rings. The van der Waals surface area contributed by atoms with Crippen LogP contribution in [-0.4, -0.2) is 11.7 Å². The lowest BCUT2D eigenvalue weighted by Crippen LogP contribution is -2.15. The number of aryl methyl sites for hydroxylation is 1. The van der Waals surface area contributed by atoms with Gasteiger partial charge in [-0.25, -0.2) is 0 Å². The van der Waals surface area contributed by atoms with E-state index in [2.05, 4.69) is 0 Å². The first-order valence-corrected chi connectivity index (χ1v) is 4.09. The average molecular weight is 165 g/mol. The molecule has 0 bridgehead atoms. The van der Waals surface area contributed by atoms with Gasteiger partial charge in [0.1, 0.15) is 0 Å². The number of aliphatic hydroxyl groups is 1. The highest BCUT2D eigenvalue weighted by molar-refractivity contribution is 5.35. The molecule has 0 aliphatic heterocycles. The van der Waals surface area contributed by atoms with E-state index >= 15 is 0 Å². The van der Waals surface area contributed by atoms with Crippen LogP contribution in [0.4, 0.5) is 0 Å². The van der Waals surface area contributed by atoms with Gasteiger partial charge >= 0.3 is 0 Å². The summed E-state index contributed by atoms with van der Waals surface area (Å²) in [4.78, 5) is 0. The zero-order chi connectivity index (χ0) is 9.14. The number of rotatable bonds is 2. The molecule has 0 saturated heterocycles. The molecule has 2 heteroatoms. The van der Waals surface area contributed by atoms with Crippen molar-refractivity contribution in [3.63, 3.8) is 0 Å². The number of aliphatic hydroxyl groups excluding tert-OH is 1. The summed E-state index contributed by atoms with van der Waals surface area (Å²) in [7, 11) is 0. The third-order valence-electron chi connectivity index (χ3n) is 2.24. The van der Waals surface area contributed by atoms with Crippen LogP contribution >= 0.6 is 0 Å². The minimum Gasteiger partial charge on any atom is -0.394 e. The van der Waals surface area contributed by atoms with Crippen molar-refractivity contribution in [1.82, 2.24) is 0 Å². The fourth-order valence-corrected chi connectivity index (χ4v) is 1.27. The van der Waals surface area contributed by atoms with Crippen molar-refractivity contribution < 1.29 is 5.11 Å². The Hall–Kier alpha value is -0.860. The Balaban J connectivity index is 3.07. The van der Waals surface area contributed by atoms with E-state index in [0.717, 1.165) is 5.56 Å². The maximum absolute atomic E-state index is 8.88. The normalized spacial score (nSPS) is 13.0. The maximum atomic E-state index is 8.88. The summed E-state index contributed by atoms with van der Waals surface area (Å²) in [5.41, 5.74) is 9.15. The molecule has 66 valence electrons. The molecule has 12 heavy (non-hydrogen) atoms. The zero-order valence-electron chi connectivity index (χ0n) is 7.54. The second-order valence-electron chi connectivity index (χ2n) is 3.08. The predicted octanol–water partition coefficient (Wildman–Crippen LogP) is 1.30. The van der Waals surface area contributed by atoms with Gasteiger partial charge in [0.2, 0.25) is 0 Å². The molecule has 0 fully saturated rings. The summed E-state index contributed by atoms with van der Waals surface area (Å²) in [6, 6.07) is 5.73. The molecule has 2 nitrogen and oxygen atoms in total. The van der Waals surface area contributed by atoms with E-state index in [0.29, 0.717) is 0 Å². The molecule has 0 radical (unpaired) electrons. The van der Waals surface area contributed by atoms with Gasteiger partial charge in [0.15, 0.2) is 0 Å². The van der Waals surface area contributed by atoms with Crippen molar-refractivity contribution in [1.29, 1.82) is 0 Å². The smallest absolute Gasteiger partial charge is 0.0624 e. The van der Waals surface area contributed by atoms with Gasteiger partial charge in [0.05, 0.1) is 12.6 Å². The van der Waals surface area contributed by atoms with E-state index < -0.39 is 0 Å². The summed E-state index contributed by atoms with van der Waals surface area (Å²) < 4.78 is 0. The molecule has 0 aliphatic carbocycles. The maximum Gasteiger partial charge on any atom is 0.0624 e. The first-order valence-electron chi connectivity index (χ1n) is 4.09. The topological polar surface area (TPSA) is 46.2 Å². The van der Waals surface area contributed by atoms with E-state index in [4.69, 9.17) is 10.8 Å². The second-order valence-corrected chi connectivity index (χ2v) is 3.08. The third-order valence-corrected chi connectivity index (χ3v) is 2.24. The largest absolute Gasteiger partial charge is 0.394 e. The lowest BCUT2D eigenvalue weighted by molar-refractivity contribution is 0.267. The van der Waals surface area contributed by atoms with Crippen LogP contribution in [0, 0.1) is 13.8 Å². The van der Waals surface area contributed by atoms with Crippen molar-refractivity contribution in [2.45, 2.75) is 19.9 Å². The molecule has 0 saturated carbocycles. The van der Waals surface area contributed by atoms with Crippen molar-refractivity contribution in [2.24, 2.45) is 5.73 Å². The lowest BCUT2D eigenvalue weighted by atomic mass is 9.98. The molecule has 3 N–H and O–H groups in total. The van der Waals surface area contributed by atoms with Crippen LogP contribution in [0.2, 0.25) is 0 Å². The molecular formula is C10H15NO. The minimum atomic E-state index is -0.245. The Kier molecular flexibility index (Phi) is 2.84. The average Bonchev–Trinajstić information content (AvgIpc) is 2.08. The first-order chi connectivity index (χ1) is 5.66. The zero-order valence-corrected chi connectivity index (χ0v) is 7.54. The van der Waals surface area contributed by atoms with E-state index in [9.17, 15) is 0 Å². The van der Waals surface area contributed by atoms with Gasteiger partial charge in [-0.2, -0.15) is 0 Å². The van der Waals surface area contributed by atoms with Gasteiger partial charge in [0.25, 0.3) is 0 Å². The SMILES string of the molecule is Cc1cccc(C(N)CO)c1C. The molecular weight excluding hydrogens is 150 g/mol. The standard InChI is InChI=1S/C10H15NO/c1-7-4-3-5-9(8(7)2)10(11)6-12/h3-5,10,12H,6,11H2,1-2H3. The van der Waals surface area contributed by atoms with Crippen molar-refractivity contribution >= 4 is 0 Å². The van der Waals surface area contributed by atoms with Gasteiger partial charge in [0, 0.05) is 0 Å². The van der Waals surface area contributed by atoms with Crippen LogP contribution < -0.4 is 5.73 Å². The minimum absolute atomic E-state index is 0.00426. The Morgan fingerprint density at radius 2 is 2.08 bits per heavy atom. The van der Waals surface area contributed by atoms with E-state index in [1.165, 1.54) is 11.1 Å². The molecule has 1 aromatic carbocycles. The van der Waals surface area contributed by atoms with Gasteiger partial charge in [-0.3, -0.25) is 0 Å². The number of hydrogen-bond donors (Lipinski definition) is 2. The molecule has 0 amide bonds. The van der Waals surface area contributed by atoms with Crippen LogP contribution in [0.1, 0.15) is 22.7 Å². The van der Waals surface area contributed by atoms with Crippen LogP contribution in [-0.2, 0) is 0 Å². The molecule has 1 atom stereocenters. The lowest BCUT2D eigenvalue weighted by Gasteiger charge is -2.13. The highest BCUT2D eigenvalue weighted by Crippen LogP contribution is 2.17. The molecule has 1 aromatic rings. The molecule has 1 rings (SSSR count). The second kappa shape index (κ2) is 3.70. The van der Waals surface area contributed by atoms with Gasteiger partial charge in [-0.15, -0.1) is 0 Å². The highest BCUT2D eigenvalue weighted by Gasteiger charge is 2.07. The Labute approximate surface area is 73.0 Å². The quantitative estimate of drug-likeness (QED) is 0.693. The Morgan fingerprint density at radius 1 is 1.42 bits per heavy atom. The number of benzene rings is 1. The van der Waals surface area contributed by atoms with Crippen molar-refractivity contribution in [2.75, 3.05) is 6.61 Å². The van der Waals surface area contributed by atoms with Crippen LogP contribution in [0.5, 0.6) is 0 Å². The van der Waals surface area contributed by atoms with Crippen molar-refractivity contribution in [3.05, 3.63) is 34.9 Å². The van der Waals surface area contributed by atoms with E-state index in [-0.39, 0.29) is 12.6 Å². The summed E-state index contributed by atoms with van der Waals surface area (Å²) in [6.07, 6.45) is 0. The first kappa shape index (κ1) is 9.23. The predicted molar refractivity (Wildman–Crippen MR) is 49.9 cm³/mol. The monoisotopic (exact) mass is 165 g/mol. The van der Waals surface area contributed by atoms with Gasteiger partial charge < -0.3 is 10.8 Å². The van der Waals surface area contributed by atoms with Crippen molar-refractivity contribution in [3.8, 4) is 0 Å². The fraction of sp³-hybridized carbons (Fsp3) is 0.400. The van der Waals surface area contributed by atoms with E-state index in [1.807, 2.05) is 32.0 Å². The molecule has 1 unspecified atom stereocenters. The molecule has 0 heterocycles. The summed E-state index contributed by atoms with van der Waals surface area (Å²) in [5.74, 6) is 0. The summed E-state index contributed by atoms with van der Waals surface area (Å²) in [5, 5.41) is 8.88. The molecule has 0 spiro atoms. The van der Waals surface area contributed by atoms with Crippen LogP contribution in [0.25, 0.3) is 0 Å². The third kappa shape index (κ3) is 1.65. The van der Waals surface area contributed by atoms with Crippen LogP contribution in [0.15, 0.2) is 18.2 Å². The number of hydrogen-bond acceptors (Lipinski definition) is 2. The Bertz CT molecular complexity index is 271.